The van der Waals surface area contributed by atoms with Crippen LogP contribution in [0.1, 0.15) is 13.3 Å². The lowest BCUT2D eigenvalue weighted by molar-refractivity contribution is -0.134. The highest BCUT2D eigenvalue weighted by Gasteiger charge is 2.42. The number of piperazine rings is 1. The molecular weight excluding hydrogens is 368 g/mol. The van der Waals surface area contributed by atoms with Crippen LogP contribution in [0.2, 0.25) is 0 Å². The van der Waals surface area contributed by atoms with Crippen LogP contribution < -0.4 is 0 Å². The molecule has 22 heavy (non-hydrogen) atoms. The number of halogens is 1. The molecule has 0 spiro atoms. The predicted octanol–water partition coefficient (Wildman–Crippen LogP) is 1.94. The molecule has 5 nitrogen and oxygen atoms in total. The lowest BCUT2D eigenvalue weighted by atomic mass is 10.2. The van der Waals surface area contributed by atoms with Crippen LogP contribution in [0.25, 0.3) is 0 Å². The number of rotatable bonds is 3. The molecule has 1 aromatic rings. The molecule has 0 aromatic heterocycles. The monoisotopic (exact) mass is 386 g/mol. The van der Waals surface area contributed by atoms with Gasteiger partial charge in [-0.1, -0.05) is 22.9 Å². The summed E-state index contributed by atoms with van der Waals surface area (Å²) >= 11 is 3.30. The first-order valence-corrected chi connectivity index (χ1v) is 9.67. The summed E-state index contributed by atoms with van der Waals surface area (Å²) in [6, 6.07) is 6.65. The lowest BCUT2D eigenvalue weighted by Crippen LogP contribution is -2.51. The molecule has 1 aromatic carbocycles. The fourth-order valence-electron chi connectivity index (χ4n) is 2.81. The minimum Gasteiger partial charge on any atom is -0.340 e. The minimum atomic E-state index is -3.47. The SMILES string of the molecule is C[C@@H]1C[C@@H]1C(=O)N1CCN(S(=O)(=O)c2ccc(Br)cc2)CC1. The maximum Gasteiger partial charge on any atom is 0.243 e. The molecule has 3 rings (SSSR count). The molecule has 1 saturated carbocycles. The minimum absolute atomic E-state index is 0.162. The van der Waals surface area contributed by atoms with Gasteiger partial charge in [-0.3, -0.25) is 4.79 Å². The van der Waals surface area contributed by atoms with Gasteiger partial charge < -0.3 is 4.90 Å². The van der Waals surface area contributed by atoms with E-state index in [1.807, 2.05) is 4.90 Å². The Morgan fingerprint density at radius 3 is 2.18 bits per heavy atom. The van der Waals surface area contributed by atoms with Crippen LogP contribution in [-0.2, 0) is 14.8 Å². The summed E-state index contributed by atoms with van der Waals surface area (Å²) in [4.78, 5) is 14.3. The van der Waals surface area contributed by atoms with Crippen molar-refractivity contribution in [2.24, 2.45) is 11.8 Å². The van der Waals surface area contributed by atoms with E-state index in [0.29, 0.717) is 37.0 Å². The number of hydrogen-bond acceptors (Lipinski definition) is 3. The van der Waals surface area contributed by atoms with E-state index in [0.717, 1.165) is 10.9 Å². The van der Waals surface area contributed by atoms with E-state index in [1.54, 1.807) is 24.3 Å². The molecule has 0 bridgehead atoms. The fraction of sp³-hybridized carbons (Fsp3) is 0.533. The summed E-state index contributed by atoms with van der Waals surface area (Å²) in [5.41, 5.74) is 0. The number of nitrogens with zero attached hydrogens (tertiary/aromatic N) is 2. The van der Waals surface area contributed by atoms with Crippen molar-refractivity contribution in [1.82, 2.24) is 9.21 Å². The van der Waals surface area contributed by atoms with Crippen LogP contribution in [0.4, 0.5) is 0 Å². The highest BCUT2D eigenvalue weighted by molar-refractivity contribution is 9.10. The van der Waals surface area contributed by atoms with E-state index in [1.165, 1.54) is 4.31 Å². The van der Waals surface area contributed by atoms with E-state index in [-0.39, 0.29) is 11.8 Å². The average molecular weight is 387 g/mol. The second-order valence-corrected chi connectivity index (χ2v) is 8.86. The van der Waals surface area contributed by atoms with Gasteiger partial charge in [-0.2, -0.15) is 4.31 Å². The van der Waals surface area contributed by atoms with E-state index < -0.39 is 10.0 Å². The van der Waals surface area contributed by atoms with Crippen molar-refractivity contribution in [3.05, 3.63) is 28.7 Å². The summed E-state index contributed by atoms with van der Waals surface area (Å²) < 4.78 is 27.5. The fourth-order valence-corrected chi connectivity index (χ4v) is 4.49. The summed E-state index contributed by atoms with van der Waals surface area (Å²) in [7, 11) is -3.47. The maximum absolute atomic E-state index is 12.6. The Morgan fingerprint density at radius 1 is 1.14 bits per heavy atom. The van der Waals surface area contributed by atoms with E-state index >= 15 is 0 Å². The topological polar surface area (TPSA) is 57.7 Å². The highest BCUT2D eigenvalue weighted by Crippen LogP contribution is 2.39. The third-order valence-corrected chi connectivity index (χ3v) is 6.87. The van der Waals surface area contributed by atoms with Gasteiger partial charge >= 0.3 is 0 Å². The Kier molecular flexibility index (Phi) is 4.31. The Morgan fingerprint density at radius 2 is 1.68 bits per heavy atom. The van der Waals surface area contributed by atoms with Crippen LogP contribution >= 0.6 is 15.9 Å². The number of amides is 1. The first-order valence-electron chi connectivity index (χ1n) is 7.44. The first-order chi connectivity index (χ1) is 10.4. The number of hydrogen-bond donors (Lipinski definition) is 0. The van der Waals surface area contributed by atoms with Crippen molar-refractivity contribution in [3.63, 3.8) is 0 Å². The second-order valence-electron chi connectivity index (χ2n) is 6.00. The van der Waals surface area contributed by atoms with E-state index in [4.69, 9.17) is 0 Å². The number of sulfonamides is 1. The van der Waals surface area contributed by atoms with Gasteiger partial charge in [-0.15, -0.1) is 0 Å². The molecule has 1 aliphatic heterocycles. The number of benzene rings is 1. The van der Waals surface area contributed by atoms with Gasteiger partial charge in [0.1, 0.15) is 0 Å². The Balaban J connectivity index is 1.65. The Bertz CT molecular complexity index is 667. The molecule has 2 aliphatic rings. The molecule has 7 heteroatoms. The zero-order valence-corrected chi connectivity index (χ0v) is 14.8. The molecule has 1 aliphatic carbocycles. The van der Waals surface area contributed by atoms with Crippen molar-refractivity contribution in [2.75, 3.05) is 26.2 Å². The van der Waals surface area contributed by atoms with Crippen molar-refractivity contribution >= 4 is 31.9 Å². The summed E-state index contributed by atoms with van der Waals surface area (Å²) in [5.74, 6) is 0.833. The van der Waals surface area contributed by atoms with Gasteiger partial charge in [0.2, 0.25) is 15.9 Å². The normalized spacial score (nSPS) is 26.0. The molecule has 0 unspecified atom stereocenters. The summed E-state index contributed by atoms with van der Waals surface area (Å²) in [6.07, 6.45) is 0.968. The van der Waals surface area contributed by atoms with Crippen LogP contribution in [0.15, 0.2) is 33.6 Å². The van der Waals surface area contributed by atoms with Crippen LogP contribution in [-0.4, -0.2) is 49.7 Å². The summed E-state index contributed by atoms with van der Waals surface area (Å²) in [6.45, 7) is 3.78. The zero-order chi connectivity index (χ0) is 15.9. The third-order valence-electron chi connectivity index (χ3n) is 4.43. The van der Waals surface area contributed by atoms with Crippen LogP contribution in [0, 0.1) is 11.8 Å². The second kappa shape index (κ2) is 5.94. The molecule has 0 N–H and O–H groups in total. The molecule has 2 atom stereocenters. The summed E-state index contributed by atoms with van der Waals surface area (Å²) in [5, 5.41) is 0. The smallest absolute Gasteiger partial charge is 0.243 e. The van der Waals surface area contributed by atoms with E-state index in [2.05, 4.69) is 22.9 Å². The van der Waals surface area contributed by atoms with Gasteiger partial charge in [0.15, 0.2) is 0 Å². The Hall–Kier alpha value is -0.920. The van der Waals surface area contributed by atoms with Gasteiger partial charge in [0.25, 0.3) is 0 Å². The lowest BCUT2D eigenvalue weighted by Gasteiger charge is -2.34. The first kappa shape index (κ1) is 16.0. The zero-order valence-electron chi connectivity index (χ0n) is 12.4. The van der Waals surface area contributed by atoms with Gasteiger partial charge in [-0.25, -0.2) is 8.42 Å². The highest BCUT2D eigenvalue weighted by atomic mass is 79.9. The number of carbonyl (C=O) groups excluding carboxylic acids is 1. The molecule has 120 valence electrons. The van der Waals surface area contributed by atoms with Crippen molar-refractivity contribution in [2.45, 2.75) is 18.2 Å². The maximum atomic E-state index is 12.6. The molecule has 2 fully saturated rings. The molecule has 1 saturated heterocycles. The molecule has 1 heterocycles. The van der Waals surface area contributed by atoms with Gasteiger partial charge in [0.05, 0.1) is 4.90 Å². The van der Waals surface area contributed by atoms with Gasteiger partial charge in [0, 0.05) is 36.6 Å². The molecule has 0 radical (unpaired) electrons. The van der Waals surface area contributed by atoms with E-state index in [9.17, 15) is 13.2 Å². The Labute approximate surface area is 139 Å². The number of carbonyl (C=O) groups is 1. The molecular formula is C15H19BrN2O3S. The third kappa shape index (κ3) is 3.07. The van der Waals surface area contributed by atoms with Crippen LogP contribution in [0.3, 0.4) is 0 Å². The quantitative estimate of drug-likeness (QED) is 0.797. The van der Waals surface area contributed by atoms with Crippen molar-refractivity contribution in [3.8, 4) is 0 Å². The van der Waals surface area contributed by atoms with Crippen LogP contribution in [0.5, 0.6) is 0 Å². The predicted molar refractivity (Wildman–Crippen MR) is 86.8 cm³/mol. The van der Waals surface area contributed by atoms with Crippen molar-refractivity contribution in [1.29, 1.82) is 0 Å². The largest absolute Gasteiger partial charge is 0.340 e. The molecule has 1 amide bonds. The van der Waals surface area contributed by atoms with Gasteiger partial charge in [-0.05, 0) is 36.6 Å². The average Bonchev–Trinajstić information content (AvgIpc) is 3.24. The standard InChI is InChI=1S/C15H19BrN2O3S/c1-11-10-14(11)15(19)17-6-8-18(9-7-17)22(20,21)13-4-2-12(16)3-5-13/h2-5,11,14H,6-10H2,1H3/t11-,14+/m1/s1. The van der Waals surface area contributed by atoms with Crippen molar-refractivity contribution < 1.29 is 13.2 Å².